The highest BCUT2D eigenvalue weighted by Crippen LogP contribution is 2.21. The Balaban J connectivity index is 1.87. The van der Waals surface area contributed by atoms with Crippen molar-refractivity contribution in [1.29, 1.82) is 0 Å². The fraction of sp³-hybridized carbons (Fsp3) is 0.200. The molecule has 1 heterocycles. The summed E-state index contributed by atoms with van der Waals surface area (Å²) in [5.41, 5.74) is 1.77. The average molecular weight is 354 g/mol. The summed E-state index contributed by atoms with van der Waals surface area (Å²) in [5.74, 6) is -1.40. The van der Waals surface area contributed by atoms with Gasteiger partial charge in [0.15, 0.2) is 0 Å². The fourth-order valence-corrected chi connectivity index (χ4v) is 2.96. The third-order valence-corrected chi connectivity index (χ3v) is 4.34. The lowest BCUT2D eigenvalue weighted by atomic mass is 10.1. The number of aryl methyl sites for hydroxylation is 1. The molecule has 3 rings (SSSR count). The molecule has 1 amide bonds. The largest absolute Gasteiger partial charge is 0.467 e. The Bertz CT molecular complexity index is 950. The van der Waals surface area contributed by atoms with Gasteiger partial charge in [0, 0.05) is 18.9 Å². The van der Waals surface area contributed by atoms with Crippen molar-refractivity contribution in [3.05, 3.63) is 71.7 Å². The fourth-order valence-electron chi connectivity index (χ4n) is 2.96. The van der Waals surface area contributed by atoms with Crippen molar-refractivity contribution in [2.75, 3.05) is 7.11 Å². The number of hydrogen-bond acceptors (Lipinski definition) is 3. The minimum absolute atomic E-state index is 0.270. The van der Waals surface area contributed by atoms with Crippen LogP contribution >= 0.6 is 0 Å². The number of nitrogens with zero attached hydrogens (tertiary/aromatic N) is 1. The number of rotatable bonds is 5. The number of carbonyl (C=O) groups is 2. The van der Waals surface area contributed by atoms with Gasteiger partial charge in [-0.1, -0.05) is 36.4 Å². The Hall–Kier alpha value is -3.15. The van der Waals surface area contributed by atoms with Crippen LogP contribution in [-0.2, 0) is 23.0 Å². The highest BCUT2D eigenvalue weighted by atomic mass is 19.1. The van der Waals surface area contributed by atoms with Crippen molar-refractivity contribution in [1.82, 2.24) is 9.88 Å². The standard InChI is InChI=1S/C20H19FN2O3/c1-23-17-10-6-9-15(21)14(17)12-18(23)19(24)22-16(20(25)26-2)11-13-7-4-3-5-8-13/h3-10,12,16H,11H2,1-2H3,(H,22,24). The summed E-state index contributed by atoms with van der Waals surface area (Å²) in [6.45, 7) is 0. The molecule has 0 saturated heterocycles. The van der Waals surface area contributed by atoms with E-state index in [1.54, 1.807) is 23.7 Å². The number of benzene rings is 2. The van der Waals surface area contributed by atoms with Gasteiger partial charge in [-0.3, -0.25) is 4.79 Å². The molecule has 134 valence electrons. The van der Waals surface area contributed by atoms with Crippen LogP contribution in [0.3, 0.4) is 0 Å². The van der Waals surface area contributed by atoms with Crippen LogP contribution in [0.15, 0.2) is 54.6 Å². The highest BCUT2D eigenvalue weighted by molar-refractivity contribution is 6.00. The number of nitrogens with one attached hydrogen (secondary N) is 1. The van der Waals surface area contributed by atoms with E-state index in [4.69, 9.17) is 4.74 Å². The number of methoxy groups -OCH3 is 1. The van der Waals surface area contributed by atoms with E-state index in [-0.39, 0.29) is 5.69 Å². The number of hydrogen-bond donors (Lipinski definition) is 1. The maximum Gasteiger partial charge on any atom is 0.328 e. The first kappa shape index (κ1) is 17.7. The molecule has 1 N–H and O–H groups in total. The molecule has 6 heteroatoms. The van der Waals surface area contributed by atoms with Gasteiger partial charge in [-0.25, -0.2) is 9.18 Å². The van der Waals surface area contributed by atoms with Crippen LogP contribution in [0.2, 0.25) is 0 Å². The van der Waals surface area contributed by atoms with Crippen LogP contribution < -0.4 is 5.32 Å². The molecule has 2 aromatic carbocycles. The summed E-state index contributed by atoms with van der Waals surface area (Å²) >= 11 is 0. The predicted octanol–water partition coefficient (Wildman–Crippen LogP) is 2.83. The number of aromatic nitrogens is 1. The van der Waals surface area contributed by atoms with Gasteiger partial charge in [-0.15, -0.1) is 0 Å². The SMILES string of the molecule is COC(=O)C(Cc1ccccc1)NC(=O)c1cc2c(F)cccc2n1C. The molecule has 3 aromatic rings. The van der Waals surface area contributed by atoms with Gasteiger partial charge in [-0.05, 0) is 23.8 Å². The number of halogens is 1. The summed E-state index contributed by atoms with van der Waals surface area (Å²) in [6, 6.07) is 14.6. The van der Waals surface area contributed by atoms with Gasteiger partial charge >= 0.3 is 5.97 Å². The molecular formula is C20H19FN2O3. The molecule has 0 bridgehead atoms. The Labute approximate surface area is 150 Å². The number of fused-ring (bicyclic) bond motifs is 1. The molecule has 0 spiro atoms. The molecular weight excluding hydrogens is 335 g/mol. The first-order chi connectivity index (χ1) is 12.5. The molecule has 0 aliphatic carbocycles. The van der Waals surface area contributed by atoms with E-state index in [9.17, 15) is 14.0 Å². The summed E-state index contributed by atoms with van der Waals surface area (Å²) in [6.07, 6.45) is 0.303. The molecule has 1 unspecified atom stereocenters. The van der Waals surface area contributed by atoms with Crippen molar-refractivity contribution in [2.45, 2.75) is 12.5 Å². The van der Waals surface area contributed by atoms with E-state index in [1.807, 2.05) is 30.3 Å². The van der Waals surface area contributed by atoms with Crippen LogP contribution in [-0.4, -0.2) is 29.6 Å². The number of esters is 1. The Morgan fingerprint density at radius 2 is 1.88 bits per heavy atom. The van der Waals surface area contributed by atoms with Crippen molar-refractivity contribution < 1.29 is 18.7 Å². The normalized spacial score (nSPS) is 12.0. The second kappa shape index (κ2) is 7.39. The molecule has 0 radical (unpaired) electrons. The van der Waals surface area contributed by atoms with Crippen LogP contribution in [0, 0.1) is 5.82 Å². The lowest BCUT2D eigenvalue weighted by Gasteiger charge is -2.17. The zero-order chi connectivity index (χ0) is 18.7. The quantitative estimate of drug-likeness (QED) is 0.717. The summed E-state index contributed by atoms with van der Waals surface area (Å²) < 4.78 is 20.4. The van der Waals surface area contributed by atoms with Gasteiger partial charge in [0.25, 0.3) is 5.91 Å². The summed E-state index contributed by atoms with van der Waals surface area (Å²) in [7, 11) is 2.96. The topological polar surface area (TPSA) is 60.3 Å². The van der Waals surface area contributed by atoms with E-state index in [2.05, 4.69) is 5.32 Å². The van der Waals surface area contributed by atoms with Crippen molar-refractivity contribution in [2.24, 2.45) is 7.05 Å². The zero-order valence-electron chi connectivity index (χ0n) is 14.5. The summed E-state index contributed by atoms with van der Waals surface area (Å²) in [5, 5.41) is 3.06. The molecule has 1 aromatic heterocycles. The lowest BCUT2D eigenvalue weighted by Crippen LogP contribution is -2.43. The third-order valence-electron chi connectivity index (χ3n) is 4.34. The monoisotopic (exact) mass is 354 g/mol. The van der Waals surface area contributed by atoms with Gasteiger partial charge in [-0.2, -0.15) is 0 Å². The van der Waals surface area contributed by atoms with Crippen LogP contribution in [0.4, 0.5) is 4.39 Å². The van der Waals surface area contributed by atoms with Crippen LogP contribution in [0.5, 0.6) is 0 Å². The second-order valence-corrected chi connectivity index (χ2v) is 6.00. The molecule has 26 heavy (non-hydrogen) atoms. The Kier molecular flexibility index (Phi) is 5.02. The van der Waals surface area contributed by atoms with E-state index in [1.165, 1.54) is 19.2 Å². The minimum Gasteiger partial charge on any atom is -0.467 e. The first-order valence-corrected chi connectivity index (χ1v) is 8.18. The first-order valence-electron chi connectivity index (χ1n) is 8.18. The van der Waals surface area contributed by atoms with Crippen LogP contribution in [0.25, 0.3) is 10.9 Å². The molecule has 5 nitrogen and oxygen atoms in total. The van der Waals surface area contributed by atoms with E-state index in [0.29, 0.717) is 17.3 Å². The van der Waals surface area contributed by atoms with Gasteiger partial charge < -0.3 is 14.6 Å². The van der Waals surface area contributed by atoms with Crippen molar-refractivity contribution >= 4 is 22.8 Å². The number of amides is 1. The van der Waals surface area contributed by atoms with Crippen LogP contribution in [0.1, 0.15) is 16.1 Å². The molecule has 0 aliphatic heterocycles. The van der Waals surface area contributed by atoms with E-state index >= 15 is 0 Å². The van der Waals surface area contributed by atoms with Crippen molar-refractivity contribution in [3.8, 4) is 0 Å². The minimum atomic E-state index is -0.835. The van der Waals surface area contributed by atoms with E-state index < -0.39 is 23.7 Å². The molecule has 0 aliphatic rings. The number of carbonyl (C=O) groups excluding carboxylic acids is 2. The predicted molar refractivity (Wildman–Crippen MR) is 96.3 cm³/mol. The smallest absolute Gasteiger partial charge is 0.328 e. The Morgan fingerprint density at radius 3 is 2.54 bits per heavy atom. The number of ether oxygens (including phenoxy) is 1. The lowest BCUT2D eigenvalue weighted by molar-refractivity contribution is -0.142. The highest BCUT2D eigenvalue weighted by Gasteiger charge is 2.24. The Morgan fingerprint density at radius 1 is 1.15 bits per heavy atom. The second-order valence-electron chi connectivity index (χ2n) is 6.00. The van der Waals surface area contributed by atoms with Crippen molar-refractivity contribution in [3.63, 3.8) is 0 Å². The molecule has 0 fully saturated rings. The van der Waals surface area contributed by atoms with Gasteiger partial charge in [0.05, 0.1) is 12.6 Å². The van der Waals surface area contributed by atoms with E-state index in [0.717, 1.165) is 5.56 Å². The maximum atomic E-state index is 14.0. The van der Waals surface area contributed by atoms with Gasteiger partial charge in [0.2, 0.25) is 0 Å². The maximum absolute atomic E-state index is 14.0. The summed E-state index contributed by atoms with van der Waals surface area (Å²) in [4.78, 5) is 24.8. The molecule has 1 atom stereocenters. The molecule has 0 saturated carbocycles. The van der Waals surface area contributed by atoms with Gasteiger partial charge in [0.1, 0.15) is 17.6 Å². The average Bonchev–Trinajstić information content (AvgIpc) is 3.00. The third kappa shape index (κ3) is 3.44. The zero-order valence-corrected chi connectivity index (χ0v) is 14.5.